The summed E-state index contributed by atoms with van der Waals surface area (Å²) in [6.45, 7) is 3.13. The van der Waals surface area contributed by atoms with Crippen molar-refractivity contribution in [1.29, 1.82) is 0 Å². The van der Waals surface area contributed by atoms with Crippen LogP contribution < -0.4 is 4.90 Å². The lowest BCUT2D eigenvalue weighted by molar-refractivity contribution is -0.131. The Hall–Kier alpha value is -2.37. The Kier molecular flexibility index (Phi) is 5.93. The summed E-state index contributed by atoms with van der Waals surface area (Å²) < 4.78 is 0. The highest BCUT2D eigenvalue weighted by Crippen LogP contribution is 2.30. The summed E-state index contributed by atoms with van der Waals surface area (Å²) in [7, 11) is 0. The van der Waals surface area contributed by atoms with Gasteiger partial charge < -0.3 is 9.80 Å². The monoisotopic (exact) mass is 411 g/mol. The van der Waals surface area contributed by atoms with Crippen molar-refractivity contribution in [2.45, 2.75) is 12.3 Å². The quantitative estimate of drug-likeness (QED) is 0.612. The highest BCUT2D eigenvalue weighted by Gasteiger charge is 2.26. The molecule has 1 unspecified atom stereocenters. The third kappa shape index (κ3) is 4.37. The van der Waals surface area contributed by atoms with Gasteiger partial charge in [-0.3, -0.25) is 4.79 Å². The molecule has 1 aliphatic heterocycles. The second-order valence-electron chi connectivity index (χ2n) is 6.90. The molecule has 1 amide bonds. The molecular formula is C22H22ClN3OS. The van der Waals surface area contributed by atoms with E-state index < -0.39 is 0 Å². The van der Waals surface area contributed by atoms with Crippen molar-refractivity contribution in [3.05, 3.63) is 82.3 Å². The van der Waals surface area contributed by atoms with Gasteiger partial charge in [-0.2, -0.15) is 0 Å². The van der Waals surface area contributed by atoms with Crippen LogP contribution >= 0.6 is 22.9 Å². The van der Waals surface area contributed by atoms with Crippen LogP contribution in [0.2, 0.25) is 5.02 Å². The zero-order valence-corrected chi connectivity index (χ0v) is 17.1. The fourth-order valence-corrected chi connectivity index (χ4v) is 4.45. The summed E-state index contributed by atoms with van der Waals surface area (Å²) in [6.07, 6.45) is 2.29. The molecule has 1 saturated heterocycles. The molecule has 144 valence electrons. The molecule has 1 aliphatic rings. The fourth-order valence-electron chi connectivity index (χ4n) is 3.63. The summed E-state index contributed by atoms with van der Waals surface area (Å²) in [5.74, 6) is 0.227. The van der Waals surface area contributed by atoms with E-state index in [0.717, 1.165) is 42.4 Å². The normalized spacial score (nSPS) is 15.5. The van der Waals surface area contributed by atoms with Crippen LogP contribution in [-0.4, -0.2) is 42.0 Å². The smallest absolute Gasteiger partial charge is 0.223 e. The number of rotatable bonds is 5. The van der Waals surface area contributed by atoms with Crippen LogP contribution in [0.4, 0.5) is 5.13 Å². The molecule has 0 spiro atoms. The lowest BCUT2D eigenvalue weighted by Crippen LogP contribution is -2.49. The standard InChI is InChI=1S/C22H22ClN3OS/c23-19-8-6-18(7-9-19)20(17-4-2-1-3-5-17)16-21(27)25-11-13-26(14-12-25)22-24-10-15-28-22/h1-10,15,20H,11-14,16H2. The summed E-state index contributed by atoms with van der Waals surface area (Å²) in [6, 6.07) is 18.1. The minimum atomic E-state index is 0.0305. The Morgan fingerprint density at radius 2 is 1.68 bits per heavy atom. The molecule has 4 rings (SSSR count). The average molecular weight is 412 g/mol. The number of anilines is 1. The van der Waals surface area contributed by atoms with Crippen LogP contribution in [0.1, 0.15) is 23.5 Å². The van der Waals surface area contributed by atoms with Gasteiger partial charge >= 0.3 is 0 Å². The number of hydrogen-bond acceptors (Lipinski definition) is 4. The largest absolute Gasteiger partial charge is 0.345 e. The SMILES string of the molecule is O=C(CC(c1ccccc1)c1ccc(Cl)cc1)N1CCN(c2nccs2)CC1. The Balaban J connectivity index is 1.46. The molecule has 0 N–H and O–H groups in total. The first kappa shape index (κ1) is 19.0. The third-order valence-corrected chi connectivity index (χ3v) is 6.26. The van der Waals surface area contributed by atoms with Gasteiger partial charge in [0.15, 0.2) is 5.13 Å². The Morgan fingerprint density at radius 1 is 1.00 bits per heavy atom. The number of halogens is 1. The minimum Gasteiger partial charge on any atom is -0.345 e. The van der Waals surface area contributed by atoms with Gasteiger partial charge in [0.25, 0.3) is 0 Å². The van der Waals surface area contributed by atoms with Gasteiger partial charge in [-0.1, -0.05) is 54.1 Å². The summed E-state index contributed by atoms with van der Waals surface area (Å²) in [5, 5.41) is 3.74. The lowest BCUT2D eigenvalue weighted by Gasteiger charge is -2.35. The highest BCUT2D eigenvalue weighted by molar-refractivity contribution is 7.13. The van der Waals surface area contributed by atoms with Gasteiger partial charge in [0.1, 0.15) is 0 Å². The van der Waals surface area contributed by atoms with Gasteiger partial charge in [0.2, 0.25) is 5.91 Å². The van der Waals surface area contributed by atoms with E-state index in [1.165, 1.54) is 0 Å². The molecular weight excluding hydrogens is 390 g/mol. The fraction of sp³-hybridized carbons (Fsp3) is 0.273. The second kappa shape index (κ2) is 8.76. The van der Waals surface area contributed by atoms with Gasteiger partial charge in [0.05, 0.1) is 0 Å². The van der Waals surface area contributed by atoms with Crippen LogP contribution in [0.3, 0.4) is 0 Å². The summed E-state index contributed by atoms with van der Waals surface area (Å²) in [5.41, 5.74) is 2.27. The van der Waals surface area contributed by atoms with Crippen LogP contribution in [0.15, 0.2) is 66.2 Å². The molecule has 4 nitrogen and oxygen atoms in total. The summed E-state index contributed by atoms with van der Waals surface area (Å²) in [4.78, 5) is 21.7. The first-order valence-electron chi connectivity index (χ1n) is 9.43. The molecule has 0 radical (unpaired) electrons. The average Bonchev–Trinajstić information content (AvgIpc) is 3.28. The number of thiazole rings is 1. The first-order valence-corrected chi connectivity index (χ1v) is 10.7. The van der Waals surface area contributed by atoms with Crippen molar-refractivity contribution in [3.8, 4) is 0 Å². The zero-order chi connectivity index (χ0) is 19.3. The van der Waals surface area contributed by atoms with Crippen LogP contribution in [-0.2, 0) is 4.79 Å². The number of amides is 1. The molecule has 1 fully saturated rings. The van der Waals surface area contributed by atoms with Crippen molar-refractivity contribution in [2.75, 3.05) is 31.1 Å². The molecule has 2 heterocycles. The molecule has 6 heteroatoms. The Labute approximate surface area is 174 Å². The topological polar surface area (TPSA) is 36.4 Å². The van der Waals surface area contributed by atoms with E-state index in [4.69, 9.17) is 11.6 Å². The van der Waals surface area contributed by atoms with E-state index in [1.54, 1.807) is 11.3 Å². The van der Waals surface area contributed by atoms with Gasteiger partial charge in [-0.25, -0.2) is 4.98 Å². The molecule has 28 heavy (non-hydrogen) atoms. The molecule has 1 aromatic heterocycles. The van der Waals surface area contributed by atoms with E-state index in [2.05, 4.69) is 22.0 Å². The van der Waals surface area contributed by atoms with E-state index >= 15 is 0 Å². The van der Waals surface area contributed by atoms with Crippen molar-refractivity contribution in [2.24, 2.45) is 0 Å². The Bertz CT molecular complexity index is 891. The molecule has 0 saturated carbocycles. The number of piperazine rings is 1. The minimum absolute atomic E-state index is 0.0305. The lowest BCUT2D eigenvalue weighted by atomic mass is 9.88. The van der Waals surface area contributed by atoms with E-state index in [9.17, 15) is 4.79 Å². The first-order chi connectivity index (χ1) is 13.7. The van der Waals surface area contributed by atoms with Crippen molar-refractivity contribution in [1.82, 2.24) is 9.88 Å². The molecule has 0 bridgehead atoms. The van der Waals surface area contributed by atoms with E-state index in [1.807, 2.05) is 58.9 Å². The zero-order valence-electron chi connectivity index (χ0n) is 15.5. The van der Waals surface area contributed by atoms with Crippen molar-refractivity contribution >= 4 is 34.0 Å². The number of hydrogen-bond donors (Lipinski definition) is 0. The molecule has 1 atom stereocenters. The van der Waals surface area contributed by atoms with Crippen LogP contribution in [0.25, 0.3) is 0 Å². The predicted molar refractivity (Wildman–Crippen MR) is 115 cm³/mol. The second-order valence-corrected chi connectivity index (χ2v) is 8.21. The van der Waals surface area contributed by atoms with E-state index in [-0.39, 0.29) is 11.8 Å². The third-order valence-electron chi connectivity index (χ3n) is 5.18. The Morgan fingerprint density at radius 3 is 2.32 bits per heavy atom. The number of carbonyl (C=O) groups is 1. The van der Waals surface area contributed by atoms with Gasteiger partial charge in [-0.15, -0.1) is 11.3 Å². The maximum absolute atomic E-state index is 13.1. The maximum atomic E-state index is 13.1. The maximum Gasteiger partial charge on any atom is 0.223 e. The van der Waals surface area contributed by atoms with E-state index in [0.29, 0.717) is 11.4 Å². The highest BCUT2D eigenvalue weighted by atomic mass is 35.5. The van der Waals surface area contributed by atoms with Crippen LogP contribution in [0, 0.1) is 0 Å². The number of nitrogens with zero attached hydrogens (tertiary/aromatic N) is 3. The molecule has 2 aromatic carbocycles. The molecule has 3 aromatic rings. The van der Waals surface area contributed by atoms with Gasteiger partial charge in [-0.05, 0) is 23.3 Å². The predicted octanol–water partition coefficient (Wildman–Crippen LogP) is 4.67. The number of carbonyl (C=O) groups excluding carboxylic acids is 1. The van der Waals surface area contributed by atoms with Crippen molar-refractivity contribution in [3.63, 3.8) is 0 Å². The number of aromatic nitrogens is 1. The van der Waals surface area contributed by atoms with Gasteiger partial charge in [0, 0.05) is 55.1 Å². The number of benzene rings is 2. The van der Waals surface area contributed by atoms with Crippen molar-refractivity contribution < 1.29 is 4.79 Å². The molecule has 0 aliphatic carbocycles. The summed E-state index contributed by atoms with van der Waals surface area (Å²) >= 11 is 7.71. The van der Waals surface area contributed by atoms with Crippen LogP contribution in [0.5, 0.6) is 0 Å².